The Hall–Kier alpha value is -1.62. The highest BCUT2D eigenvalue weighted by atomic mass is 79.9. The number of amides is 1. The fourth-order valence-electron chi connectivity index (χ4n) is 3.36. The number of carbonyl (C=O) groups excluding carboxylic acids is 1. The first-order valence-electron chi connectivity index (χ1n) is 8.03. The predicted molar refractivity (Wildman–Crippen MR) is 92.1 cm³/mol. The molecule has 1 aliphatic rings. The molecule has 0 saturated carbocycles. The number of nitrogens with zero attached hydrogens (tertiary/aromatic N) is 2. The Balaban J connectivity index is 1.69. The Bertz CT molecular complexity index is 691. The van der Waals surface area contributed by atoms with Gasteiger partial charge in [-0.2, -0.15) is 0 Å². The molecule has 2 heterocycles. The van der Waals surface area contributed by atoms with Crippen molar-refractivity contribution < 1.29 is 9.32 Å². The van der Waals surface area contributed by atoms with E-state index in [1.807, 2.05) is 30.9 Å². The van der Waals surface area contributed by atoms with Crippen LogP contribution in [0.25, 0.3) is 0 Å². The van der Waals surface area contributed by atoms with Gasteiger partial charge in [0.2, 0.25) is 5.91 Å². The molecule has 1 atom stereocenters. The van der Waals surface area contributed by atoms with Gasteiger partial charge in [-0.1, -0.05) is 33.2 Å². The number of hydrogen-bond acceptors (Lipinski definition) is 3. The lowest BCUT2D eigenvalue weighted by molar-refractivity contribution is -0.132. The van der Waals surface area contributed by atoms with Crippen LogP contribution in [-0.4, -0.2) is 22.5 Å². The van der Waals surface area contributed by atoms with E-state index in [-0.39, 0.29) is 11.9 Å². The van der Waals surface area contributed by atoms with Crippen LogP contribution in [0.2, 0.25) is 0 Å². The minimum absolute atomic E-state index is 0.199. The van der Waals surface area contributed by atoms with Crippen LogP contribution in [0.5, 0.6) is 0 Å². The second kappa shape index (κ2) is 6.87. The summed E-state index contributed by atoms with van der Waals surface area (Å²) in [7, 11) is 0. The van der Waals surface area contributed by atoms with Crippen LogP contribution < -0.4 is 0 Å². The summed E-state index contributed by atoms with van der Waals surface area (Å²) in [5, 5.41) is 3.96. The van der Waals surface area contributed by atoms with Crippen molar-refractivity contribution in [1.29, 1.82) is 0 Å². The van der Waals surface area contributed by atoms with Gasteiger partial charge in [-0.15, -0.1) is 0 Å². The van der Waals surface area contributed by atoms with Crippen LogP contribution in [0.3, 0.4) is 0 Å². The lowest BCUT2D eigenvalue weighted by Gasteiger charge is -2.25. The average Bonchev–Trinajstić information content (AvgIpc) is 3.13. The standard InChI is InChI=1S/C18H21BrN2O2/c1-12-16(13(2)23-20-12)8-9-18(22)21-10-4-7-17(21)14-5-3-6-15(19)11-14/h3,5-6,11,17H,4,7-10H2,1-2H3. The van der Waals surface area contributed by atoms with E-state index < -0.39 is 0 Å². The number of carbonyl (C=O) groups is 1. The molecule has 4 nitrogen and oxygen atoms in total. The first kappa shape index (κ1) is 16.2. The monoisotopic (exact) mass is 376 g/mol. The summed E-state index contributed by atoms with van der Waals surface area (Å²) in [6.07, 6.45) is 3.30. The normalized spacial score (nSPS) is 17.7. The fourth-order valence-corrected chi connectivity index (χ4v) is 3.78. The number of aryl methyl sites for hydroxylation is 2. The van der Waals surface area contributed by atoms with E-state index >= 15 is 0 Å². The van der Waals surface area contributed by atoms with Gasteiger partial charge in [-0.05, 0) is 50.8 Å². The van der Waals surface area contributed by atoms with E-state index in [1.54, 1.807) is 0 Å². The molecule has 1 aromatic carbocycles. The lowest BCUT2D eigenvalue weighted by atomic mass is 10.0. The summed E-state index contributed by atoms with van der Waals surface area (Å²) >= 11 is 3.52. The van der Waals surface area contributed by atoms with Crippen molar-refractivity contribution in [1.82, 2.24) is 10.1 Å². The van der Waals surface area contributed by atoms with E-state index in [0.717, 1.165) is 40.9 Å². The van der Waals surface area contributed by atoms with Crippen LogP contribution in [0.1, 0.15) is 47.9 Å². The topological polar surface area (TPSA) is 46.3 Å². The van der Waals surface area contributed by atoms with Crippen molar-refractivity contribution in [3.05, 3.63) is 51.3 Å². The Kier molecular flexibility index (Phi) is 4.85. The van der Waals surface area contributed by atoms with Crippen LogP contribution >= 0.6 is 15.9 Å². The van der Waals surface area contributed by atoms with Crippen LogP contribution in [-0.2, 0) is 11.2 Å². The molecule has 1 unspecified atom stereocenters. The van der Waals surface area contributed by atoms with Gasteiger partial charge in [0.1, 0.15) is 5.76 Å². The van der Waals surface area contributed by atoms with Crippen molar-refractivity contribution in [3.63, 3.8) is 0 Å². The van der Waals surface area contributed by atoms with E-state index in [0.29, 0.717) is 12.8 Å². The number of halogens is 1. The zero-order chi connectivity index (χ0) is 16.4. The van der Waals surface area contributed by atoms with Gasteiger partial charge in [-0.25, -0.2) is 0 Å². The summed E-state index contributed by atoms with van der Waals surface area (Å²) in [5.41, 5.74) is 3.17. The molecule has 0 N–H and O–H groups in total. The molecule has 1 fully saturated rings. The Morgan fingerprint density at radius 1 is 1.43 bits per heavy atom. The van der Waals surface area contributed by atoms with E-state index in [4.69, 9.17) is 4.52 Å². The van der Waals surface area contributed by atoms with Gasteiger partial charge in [0.25, 0.3) is 0 Å². The summed E-state index contributed by atoms with van der Waals surface area (Å²) in [4.78, 5) is 14.7. The second-order valence-electron chi connectivity index (χ2n) is 6.10. The second-order valence-corrected chi connectivity index (χ2v) is 7.02. The molecule has 122 valence electrons. The van der Waals surface area contributed by atoms with Crippen molar-refractivity contribution in [3.8, 4) is 0 Å². The zero-order valence-corrected chi connectivity index (χ0v) is 15.1. The molecule has 0 bridgehead atoms. The van der Waals surface area contributed by atoms with Crippen molar-refractivity contribution in [2.24, 2.45) is 0 Å². The minimum atomic E-state index is 0.199. The maximum Gasteiger partial charge on any atom is 0.223 e. The van der Waals surface area contributed by atoms with Crippen molar-refractivity contribution >= 4 is 21.8 Å². The number of aromatic nitrogens is 1. The molecule has 1 aliphatic heterocycles. The highest BCUT2D eigenvalue weighted by molar-refractivity contribution is 9.10. The smallest absolute Gasteiger partial charge is 0.223 e. The first-order valence-corrected chi connectivity index (χ1v) is 8.82. The lowest BCUT2D eigenvalue weighted by Crippen LogP contribution is -2.30. The van der Waals surface area contributed by atoms with Crippen LogP contribution in [0, 0.1) is 13.8 Å². The third-order valence-electron chi connectivity index (χ3n) is 4.58. The quantitative estimate of drug-likeness (QED) is 0.796. The Morgan fingerprint density at radius 3 is 2.96 bits per heavy atom. The number of hydrogen-bond donors (Lipinski definition) is 0. The highest BCUT2D eigenvalue weighted by Crippen LogP contribution is 2.33. The van der Waals surface area contributed by atoms with Gasteiger partial charge in [-0.3, -0.25) is 4.79 Å². The third-order valence-corrected chi connectivity index (χ3v) is 5.07. The molecule has 1 aromatic heterocycles. The summed E-state index contributed by atoms with van der Waals surface area (Å²) in [6.45, 7) is 4.67. The Labute approximate surface area is 145 Å². The van der Waals surface area contributed by atoms with E-state index in [2.05, 4.69) is 33.2 Å². The van der Waals surface area contributed by atoms with Gasteiger partial charge >= 0.3 is 0 Å². The van der Waals surface area contributed by atoms with Crippen molar-refractivity contribution in [2.45, 2.75) is 45.6 Å². The molecular formula is C18H21BrN2O2. The fraction of sp³-hybridized carbons (Fsp3) is 0.444. The van der Waals surface area contributed by atoms with Crippen LogP contribution in [0.4, 0.5) is 0 Å². The third kappa shape index (κ3) is 3.50. The molecule has 0 radical (unpaired) electrons. The predicted octanol–water partition coefficient (Wildman–Crippen LogP) is 4.35. The molecule has 0 aliphatic carbocycles. The number of benzene rings is 1. The largest absolute Gasteiger partial charge is 0.361 e. The minimum Gasteiger partial charge on any atom is -0.361 e. The summed E-state index contributed by atoms with van der Waals surface area (Å²) in [6, 6.07) is 8.47. The average molecular weight is 377 g/mol. The molecule has 23 heavy (non-hydrogen) atoms. The molecule has 3 rings (SSSR count). The van der Waals surface area contributed by atoms with Crippen molar-refractivity contribution in [2.75, 3.05) is 6.54 Å². The highest BCUT2D eigenvalue weighted by Gasteiger charge is 2.29. The maximum absolute atomic E-state index is 12.7. The number of likely N-dealkylation sites (tertiary alicyclic amines) is 1. The molecule has 1 saturated heterocycles. The molecule has 2 aromatic rings. The molecule has 0 spiro atoms. The first-order chi connectivity index (χ1) is 11.1. The SMILES string of the molecule is Cc1noc(C)c1CCC(=O)N1CCCC1c1cccc(Br)c1. The van der Waals surface area contributed by atoms with E-state index in [9.17, 15) is 4.79 Å². The Morgan fingerprint density at radius 2 is 2.26 bits per heavy atom. The van der Waals surface area contributed by atoms with Crippen LogP contribution in [0.15, 0.2) is 33.3 Å². The van der Waals surface area contributed by atoms with E-state index in [1.165, 1.54) is 5.56 Å². The maximum atomic E-state index is 12.7. The summed E-state index contributed by atoms with van der Waals surface area (Å²) in [5.74, 6) is 1.03. The molecule has 1 amide bonds. The van der Waals surface area contributed by atoms with Gasteiger partial charge < -0.3 is 9.42 Å². The summed E-state index contributed by atoms with van der Waals surface area (Å²) < 4.78 is 6.24. The molecular weight excluding hydrogens is 356 g/mol. The number of rotatable bonds is 4. The molecule has 5 heteroatoms. The van der Waals surface area contributed by atoms with Gasteiger partial charge in [0, 0.05) is 23.0 Å². The zero-order valence-electron chi connectivity index (χ0n) is 13.5. The van der Waals surface area contributed by atoms with Gasteiger partial charge in [0.05, 0.1) is 11.7 Å². The van der Waals surface area contributed by atoms with Gasteiger partial charge in [0.15, 0.2) is 0 Å².